The Morgan fingerprint density at radius 2 is 1.95 bits per heavy atom. The van der Waals surface area contributed by atoms with E-state index in [1.54, 1.807) is 43.3 Å². The molecule has 5 nitrogen and oxygen atoms in total. The van der Waals surface area contributed by atoms with Gasteiger partial charge in [-0.2, -0.15) is 0 Å². The number of rotatable bonds is 5. The number of halogens is 1. The quantitative estimate of drug-likeness (QED) is 0.803. The van der Waals surface area contributed by atoms with E-state index in [1.807, 2.05) is 0 Å². The van der Waals surface area contributed by atoms with Crippen LogP contribution < -0.4 is 10.6 Å². The molecule has 1 aromatic heterocycles. The summed E-state index contributed by atoms with van der Waals surface area (Å²) in [5.74, 6) is -0.252. The van der Waals surface area contributed by atoms with Gasteiger partial charge in [0.25, 0.3) is 11.8 Å². The molecular formula is C16H15BrN2O3. The lowest BCUT2D eigenvalue weighted by atomic mass is 10.2. The lowest BCUT2D eigenvalue weighted by molar-refractivity contribution is -0.117. The third kappa shape index (κ3) is 4.33. The van der Waals surface area contributed by atoms with Crippen LogP contribution in [0.2, 0.25) is 0 Å². The highest BCUT2D eigenvalue weighted by atomic mass is 79.9. The number of hydrogen-bond donors (Lipinski definition) is 2. The van der Waals surface area contributed by atoms with Crippen molar-refractivity contribution < 1.29 is 14.0 Å². The van der Waals surface area contributed by atoms with Gasteiger partial charge in [0.1, 0.15) is 11.5 Å². The lowest BCUT2D eigenvalue weighted by Crippen LogP contribution is -2.34. The predicted octanol–water partition coefficient (Wildman–Crippen LogP) is 2.95. The molecule has 0 unspecified atom stereocenters. The van der Waals surface area contributed by atoms with E-state index < -0.39 is 0 Å². The van der Waals surface area contributed by atoms with Gasteiger partial charge >= 0.3 is 0 Å². The Morgan fingerprint density at radius 1 is 1.23 bits per heavy atom. The van der Waals surface area contributed by atoms with Gasteiger partial charge in [0.05, 0.1) is 6.26 Å². The Hall–Kier alpha value is -2.34. The van der Waals surface area contributed by atoms with Crippen molar-refractivity contribution in [2.45, 2.75) is 6.92 Å². The summed E-state index contributed by atoms with van der Waals surface area (Å²) in [6.07, 6.45) is 2.99. The smallest absolute Gasteiger partial charge is 0.267 e. The number of likely N-dealkylation sites (N-methyl/N-ethyl adjacent to an activating group) is 1. The summed E-state index contributed by atoms with van der Waals surface area (Å²) in [6.45, 7) is 2.27. The van der Waals surface area contributed by atoms with Crippen LogP contribution >= 0.6 is 15.9 Å². The topological polar surface area (TPSA) is 71.3 Å². The highest BCUT2D eigenvalue weighted by Gasteiger charge is 2.14. The molecule has 0 saturated heterocycles. The molecule has 0 radical (unpaired) electrons. The molecule has 0 atom stereocenters. The summed E-state index contributed by atoms with van der Waals surface area (Å²) in [6, 6.07) is 10.3. The van der Waals surface area contributed by atoms with E-state index in [9.17, 15) is 9.59 Å². The molecule has 0 fully saturated rings. The molecule has 22 heavy (non-hydrogen) atoms. The number of hydrogen-bond acceptors (Lipinski definition) is 3. The zero-order chi connectivity index (χ0) is 15.9. The average Bonchev–Trinajstić information content (AvgIpc) is 3.00. The van der Waals surface area contributed by atoms with Gasteiger partial charge in [-0.15, -0.1) is 0 Å². The molecule has 0 aliphatic heterocycles. The van der Waals surface area contributed by atoms with Gasteiger partial charge in [-0.1, -0.05) is 15.9 Å². The van der Waals surface area contributed by atoms with E-state index in [4.69, 9.17) is 4.42 Å². The normalized spacial score (nSPS) is 11.1. The number of carbonyl (C=O) groups excluding carboxylic acids is 2. The number of nitrogens with one attached hydrogen (secondary N) is 2. The second-order valence-electron chi connectivity index (χ2n) is 4.39. The van der Waals surface area contributed by atoms with Crippen LogP contribution in [0.15, 0.2) is 57.2 Å². The fourth-order valence-electron chi connectivity index (χ4n) is 1.73. The number of carbonyl (C=O) groups is 2. The minimum atomic E-state index is -0.371. The molecule has 0 bridgehead atoms. The van der Waals surface area contributed by atoms with E-state index in [-0.39, 0.29) is 17.5 Å². The first-order valence-electron chi connectivity index (χ1n) is 6.70. The standard InChI is InChI=1S/C16H15BrN2O3/c1-2-18-16(21)14(10-13-4-3-9-22-13)19-15(20)11-5-7-12(17)8-6-11/h3-10H,2H2,1H3,(H,18,21)(H,19,20)/b14-10-. The Bertz CT molecular complexity index is 676. The van der Waals surface area contributed by atoms with Crippen molar-refractivity contribution in [3.05, 3.63) is 64.2 Å². The molecule has 0 saturated carbocycles. The minimum Gasteiger partial charge on any atom is -0.465 e. The maximum absolute atomic E-state index is 12.2. The number of furan rings is 1. The Kier molecular flexibility index (Phi) is 5.55. The third-order valence-corrected chi connectivity index (χ3v) is 3.30. The van der Waals surface area contributed by atoms with Crippen molar-refractivity contribution in [2.24, 2.45) is 0 Å². The fraction of sp³-hybridized carbons (Fsp3) is 0.125. The van der Waals surface area contributed by atoms with Crippen LogP contribution in [0.25, 0.3) is 6.08 Å². The molecular weight excluding hydrogens is 348 g/mol. The third-order valence-electron chi connectivity index (χ3n) is 2.77. The van der Waals surface area contributed by atoms with Gasteiger partial charge in [-0.3, -0.25) is 9.59 Å². The molecule has 2 N–H and O–H groups in total. The van der Waals surface area contributed by atoms with Crippen LogP contribution in [0.5, 0.6) is 0 Å². The van der Waals surface area contributed by atoms with Crippen molar-refractivity contribution in [1.82, 2.24) is 10.6 Å². The largest absolute Gasteiger partial charge is 0.465 e. The molecule has 1 aromatic carbocycles. The van der Waals surface area contributed by atoms with E-state index in [0.717, 1.165) is 4.47 Å². The van der Waals surface area contributed by atoms with Crippen LogP contribution in [0.3, 0.4) is 0 Å². The summed E-state index contributed by atoms with van der Waals surface area (Å²) in [5.41, 5.74) is 0.586. The molecule has 2 amide bonds. The van der Waals surface area contributed by atoms with Gasteiger partial charge in [0.2, 0.25) is 0 Å². The number of amides is 2. The van der Waals surface area contributed by atoms with Crippen molar-refractivity contribution in [3.8, 4) is 0 Å². The second kappa shape index (κ2) is 7.61. The number of benzene rings is 1. The van der Waals surface area contributed by atoms with Gasteiger partial charge in [0.15, 0.2) is 0 Å². The summed E-state index contributed by atoms with van der Waals surface area (Å²) in [7, 11) is 0. The van der Waals surface area contributed by atoms with Gasteiger partial charge in [-0.25, -0.2) is 0 Å². The molecule has 6 heteroatoms. The van der Waals surface area contributed by atoms with E-state index >= 15 is 0 Å². The minimum absolute atomic E-state index is 0.129. The van der Waals surface area contributed by atoms with E-state index in [1.165, 1.54) is 12.3 Å². The molecule has 2 rings (SSSR count). The molecule has 1 heterocycles. The van der Waals surface area contributed by atoms with Crippen molar-refractivity contribution in [2.75, 3.05) is 6.54 Å². The monoisotopic (exact) mass is 362 g/mol. The predicted molar refractivity (Wildman–Crippen MR) is 87.0 cm³/mol. The first-order valence-corrected chi connectivity index (χ1v) is 7.49. The van der Waals surface area contributed by atoms with Crippen LogP contribution in [0.4, 0.5) is 0 Å². The summed E-state index contributed by atoms with van der Waals surface area (Å²) in [5, 5.41) is 5.26. The maximum atomic E-state index is 12.2. The van der Waals surface area contributed by atoms with E-state index in [0.29, 0.717) is 17.9 Å². The average molecular weight is 363 g/mol. The van der Waals surface area contributed by atoms with E-state index in [2.05, 4.69) is 26.6 Å². The molecule has 0 aliphatic carbocycles. The summed E-state index contributed by atoms with van der Waals surface area (Å²) < 4.78 is 6.06. The molecule has 2 aromatic rings. The zero-order valence-electron chi connectivity index (χ0n) is 11.9. The van der Waals surface area contributed by atoms with Crippen molar-refractivity contribution in [1.29, 1.82) is 0 Å². The second-order valence-corrected chi connectivity index (χ2v) is 5.31. The van der Waals surface area contributed by atoms with Gasteiger partial charge in [-0.05, 0) is 43.3 Å². The van der Waals surface area contributed by atoms with Crippen LogP contribution in [0, 0.1) is 0 Å². The highest BCUT2D eigenvalue weighted by molar-refractivity contribution is 9.10. The molecule has 114 valence electrons. The summed E-state index contributed by atoms with van der Waals surface area (Å²) in [4.78, 5) is 24.3. The van der Waals surface area contributed by atoms with Crippen molar-refractivity contribution in [3.63, 3.8) is 0 Å². The SMILES string of the molecule is CCNC(=O)/C(=C/c1ccco1)NC(=O)c1ccc(Br)cc1. The van der Waals surface area contributed by atoms with Crippen LogP contribution in [-0.2, 0) is 4.79 Å². The molecule has 0 spiro atoms. The van der Waals surface area contributed by atoms with Crippen LogP contribution in [-0.4, -0.2) is 18.4 Å². The van der Waals surface area contributed by atoms with Crippen LogP contribution in [0.1, 0.15) is 23.0 Å². The molecule has 0 aliphatic rings. The first-order chi connectivity index (χ1) is 10.6. The van der Waals surface area contributed by atoms with Gasteiger partial charge in [0, 0.05) is 22.7 Å². The lowest BCUT2D eigenvalue weighted by Gasteiger charge is -2.09. The zero-order valence-corrected chi connectivity index (χ0v) is 13.5. The highest BCUT2D eigenvalue weighted by Crippen LogP contribution is 2.11. The fourth-order valence-corrected chi connectivity index (χ4v) is 1.99. The maximum Gasteiger partial charge on any atom is 0.267 e. The summed E-state index contributed by atoms with van der Waals surface area (Å²) >= 11 is 3.31. The van der Waals surface area contributed by atoms with Gasteiger partial charge < -0.3 is 15.1 Å². The Balaban J connectivity index is 2.20. The van der Waals surface area contributed by atoms with Crippen molar-refractivity contribution >= 4 is 33.8 Å². The Morgan fingerprint density at radius 3 is 2.55 bits per heavy atom. The Labute approximate surface area is 136 Å². The first kappa shape index (κ1) is 16.0.